The van der Waals surface area contributed by atoms with Gasteiger partial charge in [0.1, 0.15) is 0 Å². The van der Waals surface area contributed by atoms with E-state index in [-0.39, 0.29) is 0 Å². The Bertz CT molecular complexity index is 323. The highest BCUT2D eigenvalue weighted by atomic mass is 35.5. The predicted molar refractivity (Wildman–Crippen MR) is 77.5 cm³/mol. The van der Waals surface area contributed by atoms with E-state index >= 15 is 0 Å². The van der Waals surface area contributed by atoms with Crippen LogP contribution in [0.25, 0.3) is 6.08 Å². The lowest BCUT2D eigenvalue weighted by Gasteiger charge is -2.18. The van der Waals surface area contributed by atoms with Crippen LogP contribution in [-0.2, 0) is 0 Å². The van der Waals surface area contributed by atoms with Crippen LogP contribution in [0.5, 0.6) is 0 Å². The fraction of sp³-hybridized carbons (Fsp3) is 0.467. The molecule has 0 aromatic heterocycles. The summed E-state index contributed by atoms with van der Waals surface area (Å²) in [5, 5.41) is 0.792. The molecule has 1 aromatic carbocycles. The molecule has 0 spiro atoms. The van der Waals surface area contributed by atoms with E-state index in [0.29, 0.717) is 0 Å². The molecule has 0 aliphatic carbocycles. The zero-order valence-corrected chi connectivity index (χ0v) is 11.6. The average molecular weight is 252 g/mol. The molecule has 0 bridgehead atoms. The van der Waals surface area contributed by atoms with Gasteiger partial charge >= 0.3 is 0 Å². The molecule has 0 fully saturated rings. The molecule has 1 aromatic rings. The zero-order valence-electron chi connectivity index (χ0n) is 10.8. The second-order valence-electron chi connectivity index (χ2n) is 4.25. The molecule has 0 heterocycles. The van der Waals surface area contributed by atoms with Crippen LogP contribution in [0.15, 0.2) is 30.3 Å². The van der Waals surface area contributed by atoms with Gasteiger partial charge < -0.3 is 0 Å². The highest BCUT2D eigenvalue weighted by molar-refractivity contribution is 6.30. The van der Waals surface area contributed by atoms with Crippen molar-refractivity contribution in [2.24, 2.45) is 0 Å². The van der Waals surface area contributed by atoms with Gasteiger partial charge in [0, 0.05) is 11.6 Å². The van der Waals surface area contributed by atoms with Crippen LogP contribution in [0.1, 0.15) is 32.3 Å². The molecular weight excluding hydrogens is 230 g/mol. The van der Waals surface area contributed by atoms with Crippen molar-refractivity contribution in [3.05, 3.63) is 40.9 Å². The van der Waals surface area contributed by atoms with E-state index < -0.39 is 0 Å². The molecule has 1 rings (SSSR count). The van der Waals surface area contributed by atoms with Gasteiger partial charge in [0.15, 0.2) is 0 Å². The lowest BCUT2D eigenvalue weighted by atomic mass is 10.2. The van der Waals surface area contributed by atoms with Crippen molar-refractivity contribution >= 4 is 17.7 Å². The largest absolute Gasteiger partial charge is 0.300 e. The Hall–Kier alpha value is -0.790. The Labute approximate surface area is 110 Å². The Morgan fingerprint density at radius 3 is 2.18 bits per heavy atom. The summed E-state index contributed by atoms with van der Waals surface area (Å²) < 4.78 is 0. The van der Waals surface area contributed by atoms with E-state index in [1.165, 1.54) is 31.5 Å². The Morgan fingerprint density at radius 2 is 1.65 bits per heavy atom. The Morgan fingerprint density at radius 1 is 1.06 bits per heavy atom. The van der Waals surface area contributed by atoms with Gasteiger partial charge in [-0.15, -0.1) is 0 Å². The maximum absolute atomic E-state index is 5.85. The van der Waals surface area contributed by atoms with Crippen molar-refractivity contribution in [3.8, 4) is 0 Å². The van der Waals surface area contributed by atoms with Gasteiger partial charge in [-0.1, -0.05) is 49.7 Å². The third-order valence-electron chi connectivity index (χ3n) is 2.62. The van der Waals surface area contributed by atoms with Crippen molar-refractivity contribution < 1.29 is 0 Å². The monoisotopic (exact) mass is 251 g/mol. The summed E-state index contributed by atoms with van der Waals surface area (Å²) in [6.07, 6.45) is 6.83. The normalized spacial score (nSPS) is 11.5. The van der Waals surface area contributed by atoms with Crippen molar-refractivity contribution in [1.29, 1.82) is 0 Å². The molecule has 0 aliphatic heterocycles. The average Bonchev–Trinajstić information content (AvgIpc) is 2.32. The Kier molecular flexibility index (Phi) is 6.99. The van der Waals surface area contributed by atoms with Gasteiger partial charge in [0.05, 0.1) is 0 Å². The summed E-state index contributed by atoms with van der Waals surface area (Å²) in [6, 6.07) is 7.94. The van der Waals surface area contributed by atoms with Gasteiger partial charge in [-0.2, -0.15) is 0 Å². The van der Waals surface area contributed by atoms with Crippen molar-refractivity contribution in [1.82, 2.24) is 4.90 Å². The van der Waals surface area contributed by atoms with Gasteiger partial charge in [-0.25, -0.2) is 0 Å². The van der Waals surface area contributed by atoms with Crippen molar-refractivity contribution in [3.63, 3.8) is 0 Å². The minimum atomic E-state index is 0.792. The topological polar surface area (TPSA) is 3.24 Å². The Balaban J connectivity index is 2.44. The molecule has 0 amide bonds. The fourth-order valence-corrected chi connectivity index (χ4v) is 1.96. The first-order chi connectivity index (χ1) is 8.26. The molecule has 0 radical (unpaired) electrons. The van der Waals surface area contributed by atoms with Gasteiger partial charge in [0.25, 0.3) is 0 Å². The van der Waals surface area contributed by atoms with E-state index in [2.05, 4.69) is 30.9 Å². The number of benzene rings is 1. The molecule has 2 heteroatoms. The number of nitrogens with zero attached hydrogens (tertiary/aromatic N) is 1. The van der Waals surface area contributed by atoms with Crippen LogP contribution >= 0.6 is 11.6 Å². The second kappa shape index (κ2) is 8.32. The third kappa shape index (κ3) is 5.90. The standard InChI is InChI=1S/C15H22ClN/c1-3-11-17(12-4-2)13-5-6-14-7-9-15(16)10-8-14/h5-10H,3-4,11-13H2,1-2H3/b6-5+. The van der Waals surface area contributed by atoms with Crippen molar-refractivity contribution in [2.45, 2.75) is 26.7 Å². The van der Waals surface area contributed by atoms with Crippen LogP contribution in [0, 0.1) is 0 Å². The quantitative estimate of drug-likeness (QED) is 0.691. The minimum Gasteiger partial charge on any atom is -0.300 e. The first-order valence-corrected chi connectivity index (χ1v) is 6.78. The number of rotatable bonds is 7. The molecule has 0 unspecified atom stereocenters. The lowest BCUT2D eigenvalue weighted by Crippen LogP contribution is -2.25. The summed E-state index contributed by atoms with van der Waals surface area (Å²) in [4.78, 5) is 2.48. The molecular formula is C15H22ClN. The van der Waals surface area contributed by atoms with Crippen LogP contribution in [0.2, 0.25) is 5.02 Å². The highest BCUT2D eigenvalue weighted by Gasteiger charge is 1.98. The molecule has 0 saturated carbocycles. The first-order valence-electron chi connectivity index (χ1n) is 6.40. The second-order valence-corrected chi connectivity index (χ2v) is 4.69. The van der Waals surface area contributed by atoms with Crippen LogP contribution in [0.3, 0.4) is 0 Å². The highest BCUT2D eigenvalue weighted by Crippen LogP contribution is 2.10. The van der Waals surface area contributed by atoms with Crippen LogP contribution in [-0.4, -0.2) is 24.5 Å². The zero-order chi connectivity index (χ0) is 12.5. The maximum Gasteiger partial charge on any atom is 0.0406 e. The van der Waals surface area contributed by atoms with Gasteiger partial charge in [-0.05, 0) is 43.6 Å². The molecule has 0 atom stereocenters. The summed E-state index contributed by atoms with van der Waals surface area (Å²) in [6.45, 7) is 7.85. The van der Waals surface area contributed by atoms with E-state index in [1.54, 1.807) is 0 Å². The third-order valence-corrected chi connectivity index (χ3v) is 2.88. The molecule has 0 N–H and O–H groups in total. The molecule has 17 heavy (non-hydrogen) atoms. The minimum absolute atomic E-state index is 0.792. The van der Waals surface area contributed by atoms with E-state index in [4.69, 9.17) is 11.6 Å². The van der Waals surface area contributed by atoms with Gasteiger partial charge in [-0.3, -0.25) is 4.90 Å². The first kappa shape index (κ1) is 14.3. The molecule has 0 saturated heterocycles. The number of halogens is 1. The summed E-state index contributed by atoms with van der Waals surface area (Å²) >= 11 is 5.85. The maximum atomic E-state index is 5.85. The molecule has 0 aliphatic rings. The summed E-state index contributed by atoms with van der Waals surface area (Å²) in [7, 11) is 0. The summed E-state index contributed by atoms with van der Waals surface area (Å²) in [5.74, 6) is 0. The fourth-order valence-electron chi connectivity index (χ4n) is 1.84. The van der Waals surface area contributed by atoms with Gasteiger partial charge in [0.2, 0.25) is 0 Å². The van der Waals surface area contributed by atoms with E-state index in [0.717, 1.165) is 11.6 Å². The summed E-state index contributed by atoms with van der Waals surface area (Å²) in [5.41, 5.74) is 1.21. The smallest absolute Gasteiger partial charge is 0.0406 e. The predicted octanol–water partition coefficient (Wildman–Crippen LogP) is 4.48. The van der Waals surface area contributed by atoms with Crippen LogP contribution < -0.4 is 0 Å². The number of hydrogen-bond donors (Lipinski definition) is 0. The SMILES string of the molecule is CCCN(C/C=C/c1ccc(Cl)cc1)CCC. The number of hydrogen-bond acceptors (Lipinski definition) is 1. The van der Waals surface area contributed by atoms with Crippen molar-refractivity contribution in [2.75, 3.05) is 19.6 Å². The molecule has 1 nitrogen and oxygen atoms in total. The van der Waals surface area contributed by atoms with E-state index in [9.17, 15) is 0 Å². The van der Waals surface area contributed by atoms with E-state index in [1.807, 2.05) is 24.3 Å². The lowest BCUT2D eigenvalue weighted by molar-refractivity contribution is 0.304. The van der Waals surface area contributed by atoms with Crippen LogP contribution in [0.4, 0.5) is 0 Å². The molecule has 94 valence electrons.